The van der Waals surface area contributed by atoms with Gasteiger partial charge in [0.15, 0.2) is 9.84 Å². The van der Waals surface area contributed by atoms with E-state index in [1.54, 1.807) is 30.7 Å². The molecule has 0 radical (unpaired) electrons. The molecule has 0 saturated carbocycles. The van der Waals surface area contributed by atoms with Crippen molar-refractivity contribution in [3.63, 3.8) is 0 Å². The molecule has 3 aromatic carbocycles. The van der Waals surface area contributed by atoms with Crippen molar-refractivity contribution in [2.45, 2.75) is 17.0 Å². The number of benzene rings is 3. The molecule has 2 aliphatic rings. The maximum Gasteiger partial charge on any atom is 0.338 e. The minimum Gasteiger partial charge on any atom is -0.453 e. The predicted octanol–water partition coefficient (Wildman–Crippen LogP) is 4.36. The molecular formula is C26H19N3O6S. The van der Waals surface area contributed by atoms with E-state index < -0.39 is 38.8 Å². The highest BCUT2D eigenvalue weighted by Crippen LogP contribution is 2.50. The quantitative estimate of drug-likeness (QED) is 0.231. The Morgan fingerprint density at radius 2 is 1.69 bits per heavy atom. The smallest absolute Gasteiger partial charge is 0.338 e. The van der Waals surface area contributed by atoms with Gasteiger partial charge in [-0.05, 0) is 23.8 Å². The molecule has 1 aromatic heterocycles. The molecule has 0 amide bonds. The summed E-state index contributed by atoms with van der Waals surface area (Å²) < 4.78 is 34.7. The minimum atomic E-state index is -3.67. The van der Waals surface area contributed by atoms with Crippen LogP contribution in [0.15, 0.2) is 90.2 Å². The fraction of sp³-hybridized carbons (Fsp3) is 0.154. The van der Waals surface area contributed by atoms with Crippen LogP contribution in [-0.4, -0.2) is 34.6 Å². The molecule has 0 bridgehead atoms. The van der Waals surface area contributed by atoms with Crippen LogP contribution in [0, 0.1) is 16.0 Å². The normalized spacial score (nSPS) is 21.2. The van der Waals surface area contributed by atoms with Crippen molar-refractivity contribution < 1.29 is 22.9 Å². The van der Waals surface area contributed by atoms with Gasteiger partial charge >= 0.3 is 5.97 Å². The summed E-state index contributed by atoms with van der Waals surface area (Å²) in [5, 5.41) is 11.0. The van der Waals surface area contributed by atoms with Crippen LogP contribution in [0.4, 0.5) is 5.69 Å². The molecule has 4 aromatic rings. The third-order valence-electron chi connectivity index (χ3n) is 6.84. The molecule has 0 aliphatic carbocycles. The Kier molecular flexibility index (Phi) is 5.01. The van der Waals surface area contributed by atoms with Gasteiger partial charge in [0.1, 0.15) is 6.10 Å². The summed E-state index contributed by atoms with van der Waals surface area (Å²) in [4.78, 5) is 28.1. The van der Waals surface area contributed by atoms with Gasteiger partial charge in [-0.15, -0.1) is 0 Å². The molecular weight excluding hydrogens is 482 g/mol. The van der Waals surface area contributed by atoms with Crippen LogP contribution in [0.25, 0.3) is 11.3 Å². The Morgan fingerprint density at radius 3 is 2.44 bits per heavy atom. The summed E-state index contributed by atoms with van der Waals surface area (Å²) >= 11 is 0. The lowest BCUT2D eigenvalue weighted by Gasteiger charge is -2.37. The van der Waals surface area contributed by atoms with E-state index in [1.807, 2.05) is 28.8 Å². The Bertz CT molecular complexity index is 1630. The molecule has 0 saturated heterocycles. The lowest BCUT2D eigenvalue weighted by atomic mass is 9.86. The van der Waals surface area contributed by atoms with E-state index >= 15 is 0 Å². The van der Waals surface area contributed by atoms with Crippen molar-refractivity contribution in [2.75, 3.05) is 5.75 Å². The van der Waals surface area contributed by atoms with E-state index in [0.717, 1.165) is 16.8 Å². The number of imidazole rings is 1. The lowest BCUT2D eigenvalue weighted by molar-refractivity contribution is -0.384. The Labute approximate surface area is 206 Å². The number of ether oxygens (including phenoxy) is 1. The molecule has 0 spiro atoms. The van der Waals surface area contributed by atoms with E-state index in [-0.39, 0.29) is 21.9 Å². The average molecular weight is 502 g/mol. The number of nitrogens with zero attached hydrogens (tertiary/aromatic N) is 3. The molecule has 36 heavy (non-hydrogen) atoms. The summed E-state index contributed by atoms with van der Waals surface area (Å²) in [5.74, 6) is -1.55. The highest BCUT2D eigenvalue weighted by molar-refractivity contribution is 7.91. The van der Waals surface area contributed by atoms with Crippen LogP contribution in [-0.2, 0) is 14.6 Å². The Hall–Kier alpha value is -4.31. The Morgan fingerprint density at radius 1 is 1.00 bits per heavy atom. The number of nitro benzene ring substituents is 1. The van der Waals surface area contributed by atoms with E-state index in [1.165, 1.54) is 30.3 Å². The standard InChI is InChI=1S/C26H19N3O6S/c30-26(16-9-11-17(12-10-16)29(31)32)35-25-20-7-3-4-8-23(20)36(33,34)14-21(25)24-19-6-2-1-5-18(19)22-13-27-15-28(22)24/h1-13,15,21,24-25H,14H2/t21-,24+,25+/m0/s1. The number of hydrogen-bond donors (Lipinski definition) is 0. The monoisotopic (exact) mass is 501 g/mol. The largest absolute Gasteiger partial charge is 0.453 e. The number of esters is 1. The second-order valence-electron chi connectivity index (χ2n) is 8.83. The van der Waals surface area contributed by atoms with Gasteiger partial charge in [-0.1, -0.05) is 42.5 Å². The van der Waals surface area contributed by atoms with Crippen LogP contribution in [0.5, 0.6) is 0 Å². The summed E-state index contributed by atoms with van der Waals surface area (Å²) in [6, 6.07) is 19.0. The number of rotatable bonds is 4. The first kappa shape index (κ1) is 22.2. The van der Waals surface area contributed by atoms with Crippen LogP contribution < -0.4 is 0 Å². The first-order valence-electron chi connectivity index (χ1n) is 11.2. The van der Waals surface area contributed by atoms with Gasteiger partial charge in [0.2, 0.25) is 0 Å². The third kappa shape index (κ3) is 3.41. The van der Waals surface area contributed by atoms with Crippen molar-refractivity contribution in [1.29, 1.82) is 0 Å². The van der Waals surface area contributed by atoms with E-state index in [4.69, 9.17) is 4.74 Å². The van der Waals surface area contributed by atoms with Crippen LogP contribution in [0.2, 0.25) is 0 Å². The van der Waals surface area contributed by atoms with Gasteiger partial charge < -0.3 is 9.30 Å². The van der Waals surface area contributed by atoms with Gasteiger partial charge in [0.05, 0.1) is 45.4 Å². The second kappa shape index (κ2) is 8.13. The number of sulfone groups is 1. The fourth-order valence-electron chi connectivity index (χ4n) is 5.28. The van der Waals surface area contributed by atoms with Gasteiger partial charge in [-0.3, -0.25) is 10.1 Å². The molecule has 0 N–H and O–H groups in total. The first-order chi connectivity index (χ1) is 17.3. The zero-order chi connectivity index (χ0) is 25.0. The molecule has 0 unspecified atom stereocenters. The van der Waals surface area contributed by atoms with Gasteiger partial charge in [0, 0.05) is 29.2 Å². The zero-order valence-electron chi connectivity index (χ0n) is 18.7. The topological polar surface area (TPSA) is 121 Å². The van der Waals surface area contributed by atoms with Crippen molar-refractivity contribution in [1.82, 2.24) is 9.55 Å². The number of aromatic nitrogens is 2. The summed E-state index contributed by atoms with van der Waals surface area (Å²) in [7, 11) is -3.67. The number of fused-ring (bicyclic) bond motifs is 4. The summed E-state index contributed by atoms with van der Waals surface area (Å²) in [6.07, 6.45) is 2.53. The van der Waals surface area contributed by atoms with Crippen molar-refractivity contribution in [3.8, 4) is 11.3 Å². The van der Waals surface area contributed by atoms with E-state index in [0.29, 0.717) is 5.56 Å². The van der Waals surface area contributed by atoms with Crippen molar-refractivity contribution in [2.24, 2.45) is 5.92 Å². The Balaban J connectivity index is 1.46. The van der Waals surface area contributed by atoms with Crippen LogP contribution >= 0.6 is 0 Å². The lowest BCUT2D eigenvalue weighted by Crippen LogP contribution is -2.37. The van der Waals surface area contributed by atoms with Crippen molar-refractivity contribution in [3.05, 3.63) is 112 Å². The number of nitro groups is 1. The molecule has 180 valence electrons. The van der Waals surface area contributed by atoms with Gasteiger partial charge in [0.25, 0.3) is 5.69 Å². The number of hydrogen-bond acceptors (Lipinski definition) is 7. The molecule has 3 heterocycles. The van der Waals surface area contributed by atoms with Gasteiger partial charge in [-0.2, -0.15) is 0 Å². The second-order valence-corrected chi connectivity index (χ2v) is 10.8. The van der Waals surface area contributed by atoms with Crippen molar-refractivity contribution >= 4 is 21.5 Å². The SMILES string of the molecule is O=C(O[C@@H]1c2ccccc2S(=O)(=O)C[C@H]1[C@H]1c2ccccc2-c2cncn21)c1ccc([N+](=O)[O-])cc1. The van der Waals surface area contributed by atoms with E-state index in [9.17, 15) is 23.3 Å². The van der Waals surface area contributed by atoms with Crippen LogP contribution in [0.3, 0.4) is 0 Å². The highest BCUT2D eigenvalue weighted by atomic mass is 32.2. The number of carbonyl (C=O) groups is 1. The number of non-ortho nitro benzene ring substituents is 1. The van der Waals surface area contributed by atoms with Gasteiger partial charge in [-0.25, -0.2) is 18.2 Å². The zero-order valence-corrected chi connectivity index (χ0v) is 19.5. The summed E-state index contributed by atoms with van der Waals surface area (Å²) in [5.41, 5.74) is 3.17. The third-order valence-corrected chi connectivity index (χ3v) is 8.70. The highest BCUT2D eigenvalue weighted by Gasteiger charge is 2.47. The average Bonchev–Trinajstić information content (AvgIpc) is 3.47. The molecule has 3 atom stereocenters. The molecule has 2 aliphatic heterocycles. The predicted molar refractivity (Wildman–Crippen MR) is 129 cm³/mol. The number of carbonyl (C=O) groups excluding carboxylic acids is 1. The maximum absolute atomic E-state index is 13.4. The molecule has 6 rings (SSSR count). The van der Waals surface area contributed by atoms with Crippen LogP contribution in [0.1, 0.15) is 33.6 Å². The van der Waals surface area contributed by atoms with E-state index in [2.05, 4.69) is 4.98 Å². The summed E-state index contributed by atoms with van der Waals surface area (Å²) in [6.45, 7) is 0. The maximum atomic E-state index is 13.4. The first-order valence-corrected chi connectivity index (χ1v) is 12.9. The molecule has 0 fully saturated rings. The molecule has 10 heteroatoms. The minimum absolute atomic E-state index is 0.139. The molecule has 9 nitrogen and oxygen atoms in total. The fourth-order valence-corrected chi connectivity index (χ4v) is 7.15.